The zero-order valence-electron chi connectivity index (χ0n) is 5.46. The molecule has 11 heavy (non-hydrogen) atoms. The first-order valence-corrected chi connectivity index (χ1v) is 5.27. The summed E-state index contributed by atoms with van der Waals surface area (Å²) in [6.07, 6.45) is 0. The minimum atomic E-state index is -4.67. The van der Waals surface area contributed by atoms with Crippen LogP contribution in [-0.2, 0) is 24.5 Å². The Morgan fingerprint density at radius 2 is 1.73 bits per heavy atom. The minimum absolute atomic E-state index is 0.734. The summed E-state index contributed by atoms with van der Waals surface area (Å²) in [7, 11) is -9.08. The number of hydrogen-bond donors (Lipinski definition) is 2. The first-order valence-electron chi connectivity index (χ1n) is 2.30. The normalized spacial score (nSPS) is 16.3. The molecule has 9 heteroatoms. The van der Waals surface area contributed by atoms with Gasteiger partial charge < -0.3 is 0 Å². The number of hydrogen-bond acceptors (Lipinski definition) is 6. The van der Waals surface area contributed by atoms with E-state index in [1.54, 1.807) is 0 Å². The van der Waals surface area contributed by atoms with E-state index >= 15 is 0 Å². The SMILES string of the molecule is CC(S(=O)(=O)O)S(=O)(=O)ON. The fourth-order valence-corrected chi connectivity index (χ4v) is 1.71. The van der Waals surface area contributed by atoms with Crippen LogP contribution < -0.4 is 5.90 Å². The van der Waals surface area contributed by atoms with Crippen molar-refractivity contribution in [2.24, 2.45) is 5.90 Å². The molecule has 0 saturated carbocycles. The molecule has 0 aliphatic rings. The van der Waals surface area contributed by atoms with Crippen LogP contribution in [0.3, 0.4) is 0 Å². The summed E-state index contributed by atoms with van der Waals surface area (Å²) in [5, 5.41) is 0. The molecule has 0 bridgehead atoms. The van der Waals surface area contributed by atoms with Crippen molar-refractivity contribution in [3.05, 3.63) is 0 Å². The molecule has 0 radical (unpaired) electrons. The van der Waals surface area contributed by atoms with Crippen molar-refractivity contribution in [3.63, 3.8) is 0 Å². The highest BCUT2D eigenvalue weighted by molar-refractivity contribution is 8.04. The molecule has 0 aromatic carbocycles. The molecule has 3 N–H and O–H groups in total. The van der Waals surface area contributed by atoms with Crippen LogP contribution in [0.4, 0.5) is 0 Å². The Labute approximate surface area is 64.0 Å². The van der Waals surface area contributed by atoms with Crippen LogP contribution in [-0.4, -0.2) is 26.0 Å². The van der Waals surface area contributed by atoms with E-state index in [1.807, 2.05) is 0 Å². The highest BCUT2D eigenvalue weighted by atomic mass is 32.3. The van der Waals surface area contributed by atoms with Crippen molar-refractivity contribution in [1.82, 2.24) is 0 Å². The molecule has 7 nitrogen and oxygen atoms in total. The standard InChI is InChI=1S/C2H7NO6S2/c1-2(10(4,5)6)11(7,8)9-3/h2H,3H2,1H3,(H,4,5,6). The molecule has 0 fully saturated rings. The van der Waals surface area contributed by atoms with Gasteiger partial charge in [-0.3, -0.25) is 4.55 Å². The lowest BCUT2D eigenvalue weighted by molar-refractivity contribution is 0.330. The predicted molar refractivity (Wildman–Crippen MR) is 35.2 cm³/mol. The van der Waals surface area contributed by atoms with Gasteiger partial charge in [-0.2, -0.15) is 27.0 Å². The van der Waals surface area contributed by atoms with Gasteiger partial charge >= 0.3 is 10.1 Å². The van der Waals surface area contributed by atoms with Crippen LogP contribution in [0.1, 0.15) is 6.92 Å². The largest absolute Gasteiger partial charge is 0.302 e. The van der Waals surface area contributed by atoms with E-state index in [0.29, 0.717) is 0 Å². The summed E-state index contributed by atoms with van der Waals surface area (Å²) in [6, 6.07) is 0. The van der Waals surface area contributed by atoms with Crippen LogP contribution in [0.25, 0.3) is 0 Å². The molecule has 0 saturated heterocycles. The number of rotatable bonds is 3. The van der Waals surface area contributed by atoms with E-state index in [-0.39, 0.29) is 0 Å². The van der Waals surface area contributed by atoms with Crippen molar-refractivity contribution >= 4 is 20.2 Å². The molecule has 0 aliphatic heterocycles. The first-order chi connectivity index (χ1) is 4.72. The molecule has 68 valence electrons. The molecule has 0 aliphatic carbocycles. The van der Waals surface area contributed by atoms with Gasteiger partial charge in [0, 0.05) is 0 Å². The van der Waals surface area contributed by atoms with E-state index in [9.17, 15) is 16.8 Å². The van der Waals surface area contributed by atoms with Crippen molar-refractivity contribution < 1.29 is 25.7 Å². The molecular weight excluding hydrogens is 198 g/mol. The monoisotopic (exact) mass is 205 g/mol. The smallest absolute Gasteiger partial charge is 0.284 e. The summed E-state index contributed by atoms with van der Waals surface area (Å²) in [6.45, 7) is 0.734. The second-order valence-electron chi connectivity index (χ2n) is 1.67. The van der Waals surface area contributed by atoms with Crippen LogP contribution in [0.5, 0.6) is 0 Å². The topological polar surface area (TPSA) is 124 Å². The third kappa shape index (κ3) is 2.71. The van der Waals surface area contributed by atoms with Crippen molar-refractivity contribution in [3.8, 4) is 0 Å². The lowest BCUT2D eigenvalue weighted by Gasteiger charge is -2.05. The van der Waals surface area contributed by atoms with Gasteiger partial charge in [0.25, 0.3) is 10.1 Å². The maximum Gasteiger partial charge on any atom is 0.302 e. The van der Waals surface area contributed by atoms with Crippen molar-refractivity contribution in [2.75, 3.05) is 0 Å². The van der Waals surface area contributed by atoms with E-state index in [0.717, 1.165) is 6.92 Å². The van der Waals surface area contributed by atoms with Gasteiger partial charge in [-0.1, -0.05) is 0 Å². The Morgan fingerprint density at radius 1 is 1.36 bits per heavy atom. The third-order valence-corrected chi connectivity index (χ3v) is 4.32. The molecule has 0 aromatic rings. The molecule has 0 spiro atoms. The Hall–Kier alpha value is -0.220. The average Bonchev–Trinajstić information content (AvgIpc) is 1.84. The average molecular weight is 205 g/mol. The third-order valence-electron chi connectivity index (χ3n) is 0.960. The lowest BCUT2D eigenvalue weighted by atomic mass is 11.0. The Kier molecular flexibility index (Phi) is 2.97. The Morgan fingerprint density at radius 3 is 1.82 bits per heavy atom. The second kappa shape index (κ2) is 3.03. The molecule has 0 aromatic heterocycles. The highest BCUT2D eigenvalue weighted by Gasteiger charge is 2.32. The summed E-state index contributed by atoms with van der Waals surface area (Å²) in [5.74, 6) is 4.24. The first kappa shape index (κ1) is 10.8. The second-order valence-corrected chi connectivity index (χ2v) is 5.59. The zero-order chi connectivity index (χ0) is 9.28. The van der Waals surface area contributed by atoms with Gasteiger partial charge in [-0.05, 0) is 6.92 Å². The lowest BCUT2D eigenvalue weighted by Crippen LogP contribution is -2.30. The maximum atomic E-state index is 10.5. The van der Waals surface area contributed by atoms with Crippen molar-refractivity contribution in [2.45, 2.75) is 11.5 Å². The molecule has 0 rings (SSSR count). The molecule has 1 unspecified atom stereocenters. The van der Waals surface area contributed by atoms with Crippen molar-refractivity contribution in [1.29, 1.82) is 0 Å². The summed E-state index contributed by atoms with van der Waals surface area (Å²) >= 11 is 0. The van der Waals surface area contributed by atoms with Crippen LogP contribution in [0, 0.1) is 0 Å². The molecule has 0 heterocycles. The summed E-state index contributed by atoms with van der Waals surface area (Å²) < 4.78 is 50.8. The van der Waals surface area contributed by atoms with Gasteiger partial charge in [-0.15, -0.1) is 0 Å². The Bertz CT molecular complexity index is 312. The summed E-state index contributed by atoms with van der Waals surface area (Å²) in [4.78, 5) is 0. The van der Waals surface area contributed by atoms with Gasteiger partial charge in [0.1, 0.15) is 0 Å². The predicted octanol–water partition coefficient (Wildman–Crippen LogP) is -1.56. The van der Waals surface area contributed by atoms with Gasteiger partial charge in [-0.25, -0.2) is 0 Å². The fourth-order valence-electron chi connectivity index (χ4n) is 0.227. The summed E-state index contributed by atoms with van der Waals surface area (Å²) in [5.41, 5.74) is 0. The van der Waals surface area contributed by atoms with Crippen LogP contribution in [0.2, 0.25) is 0 Å². The van der Waals surface area contributed by atoms with Gasteiger partial charge in [0.15, 0.2) is 0 Å². The van der Waals surface area contributed by atoms with E-state index in [2.05, 4.69) is 10.2 Å². The van der Waals surface area contributed by atoms with E-state index in [1.165, 1.54) is 0 Å². The molecule has 1 atom stereocenters. The van der Waals surface area contributed by atoms with Crippen LogP contribution in [0.15, 0.2) is 0 Å². The van der Waals surface area contributed by atoms with E-state index in [4.69, 9.17) is 4.55 Å². The Balaban J connectivity index is 4.96. The zero-order valence-corrected chi connectivity index (χ0v) is 7.09. The van der Waals surface area contributed by atoms with Crippen LogP contribution >= 0.6 is 0 Å². The highest BCUT2D eigenvalue weighted by Crippen LogP contribution is 2.06. The quantitative estimate of drug-likeness (QED) is 0.421. The molecule has 0 amide bonds. The van der Waals surface area contributed by atoms with Gasteiger partial charge in [0.2, 0.25) is 4.58 Å². The number of nitrogens with two attached hydrogens (primary N) is 1. The minimum Gasteiger partial charge on any atom is -0.284 e. The van der Waals surface area contributed by atoms with E-state index < -0.39 is 24.8 Å². The fraction of sp³-hybridized carbons (Fsp3) is 1.00. The van der Waals surface area contributed by atoms with Gasteiger partial charge in [0.05, 0.1) is 0 Å². The maximum absolute atomic E-state index is 10.5. The molecular formula is C2H7NO6S2.